The Kier molecular flexibility index (Phi) is 4.56. The normalized spacial score (nSPS) is 17.0. The van der Waals surface area contributed by atoms with E-state index in [9.17, 15) is 4.79 Å². The maximum absolute atomic E-state index is 12.7. The van der Waals surface area contributed by atoms with Gasteiger partial charge in [-0.15, -0.1) is 0 Å². The summed E-state index contributed by atoms with van der Waals surface area (Å²) in [7, 11) is 0. The molecule has 1 atom stereocenters. The molecule has 0 spiro atoms. The van der Waals surface area contributed by atoms with E-state index in [1.807, 2.05) is 48.2 Å². The topological polar surface area (TPSA) is 73.9 Å². The van der Waals surface area contributed by atoms with E-state index in [0.29, 0.717) is 6.54 Å². The van der Waals surface area contributed by atoms with Crippen LogP contribution < -0.4 is 5.32 Å². The van der Waals surface area contributed by atoms with Gasteiger partial charge in [0.05, 0.1) is 17.1 Å². The summed E-state index contributed by atoms with van der Waals surface area (Å²) in [5.74, 6) is 0.874. The minimum absolute atomic E-state index is 0.0130. The van der Waals surface area contributed by atoms with Gasteiger partial charge in [-0.2, -0.15) is 0 Å². The Bertz CT molecular complexity index is 886. The molecule has 0 radical (unpaired) electrons. The number of amides is 2. The van der Waals surface area contributed by atoms with Crippen LogP contribution in [0.4, 0.5) is 4.79 Å². The van der Waals surface area contributed by atoms with Crippen LogP contribution in [0.25, 0.3) is 11.0 Å². The first-order valence-electron chi connectivity index (χ1n) is 9.12. The number of H-pyrrole nitrogens is 1. The number of urea groups is 1. The summed E-state index contributed by atoms with van der Waals surface area (Å²) in [4.78, 5) is 27.0. The summed E-state index contributed by atoms with van der Waals surface area (Å²) < 4.78 is 0. The molecule has 6 heteroatoms. The predicted molar refractivity (Wildman–Crippen MR) is 101 cm³/mol. The minimum atomic E-state index is -0.0264. The highest BCUT2D eigenvalue weighted by atomic mass is 16.2. The summed E-state index contributed by atoms with van der Waals surface area (Å²) in [6, 6.07) is 11.9. The van der Waals surface area contributed by atoms with Crippen LogP contribution in [0.2, 0.25) is 0 Å². The molecule has 0 bridgehead atoms. The third-order valence-corrected chi connectivity index (χ3v) is 4.99. The molecule has 2 aromatic heterocycles. The lowest BCUT2D eigenvalue weighted by Gasteiger charge is -2.23. The zero-order chi connectivity index (χ0) is 17.9. The number of aryl methyl sites for hydroxylation is 1. The fourth-order valence-corrected chi connectivity index (χ4v) is 3.59. The molecule has 4 rings (SSSR count). The first kappa shape index (κ1) is 16.6. The lowest BCUT2D eigenvalue weighted by molar-refractivity contribution is 0.191. The summed E-state index contributed by atoms with van der Waals surface area (Å²) in [6.45, 7) is 3.39. The number of nitrogens with one attached hydrogen (secondary N) is 2. The third-order valence-electron chi connectivity index (χ3n) is 4.99. The molecule has 6 nitrogen and oxygen atoms in total. The number of nitrogens with zero attached hydrogens (tertiary/aromatic N) is 3. The van der Waals surface area contributed by atoms with Gasteiger partial charge >= 0.3 is 6.03 Å². The van der Waals surface area contributed by atoms with Crippen molar-refractivity contribution in [2.24, 2.45) is 0 Å². The lowest BCUT2D eigenvalue weighted by atomic mass is 10.2. The van der Waals surface area contributed by atoms with E-state index in [2.05, 4.69) is 20.3 Å². The molecule has 3 aromatic rings. The smallest absolute Gasteiger partial charge is 0.318 e. The maximum Gasteiger partial charge on any atom is 0.318 e. The Morgan fingerprint density at radius 1 is 1.31 bits per heavy atom. The molecule has 0 saturated carbocycles. The number of carbonyl (C=O) groups is 1. The number of aromatic amines is 1. The molecule has 0 aliphatic carbocycles. The summed E-state index contributed by atoms with van der Waals surface area (Å²) in [5, 5.41) is 3.04. The van der Waals surface area contributed by atoms with E-state index >= 15 is 0 Å². The van der Waals surface area contributed by atoms with Crippen LogP contribution in [0.1, 0.15) is 36.0 Å². The molecular weight excluding hydrogens is 326 g/mol. The Labute approximate surface area is 152 Å². The number of aromatic nitrogens is 3. The van der Waals surface area contributed by atoms with E-state index in [-0.39, 0.29) is 12.1 Å². The Morgan fingerprint density at radius 2 is 2.19 bits per heavy atom. The lowest BCUT2D eigenvalue weighted by Crippen LogP contribution is -2.40. The zero-order valence-electron chi connectivity index (χ0n) is 14.9. The molecule has 1 aliphatic rings. The van der Waals surface area contributed by atoms with Crippen molar-refractivity contribution in [1.29, 1.82) is 0 Å². The van der Waals surface area contributed by atoms with Gasteiger partial charge in [-0.1, -0.05) is 18.2 Å². The predicted octanol–water partition coefficient (Wildman–Crippen LogP) is 3.36. The fraction of sp³-hybridized carbons (Fsp3) is 0.350. The Balaban J connectivity index is 1.41. The second-order valence-corrected chi connectivity index (χ2v) is 6.74. The van der Waals surface area contributed by atoms with E-state index in [0.717, 1.165) is 53.9 Å². The summed E-state index contributed by atoms with van der Waals surface area (Å²) >= 11 is 0. The highest BCUT2D eigenvalue weighted by molar-refractivity contribution is 5.77. The van der Waals surface area contributed by atoms with Gasteiger partial charge in [-0.05, 0) is 43.5 Å². The van der Waals surface area contributed by atoms with Crippen molar-refractivity contribution in [2.75, 3.05) is 13.1 Å². The largest absolute Gasteiger partial charge is 0.340 e. The Morgan fingerprint density at radius 3 is 3.04 bits per heavy atom. The molecule has 26 heavy (non-hydrogen) atoms. The van der Waals surface area contributed by atoms with Crippen LogP contribution >= 0.6 is 0 Å². The molecule has 134 valence electrons. The van der Waals surface area contributed by atoms with Crippen molar-refractivity contribution < 1.29 is 4.79 Å². The SMILES string of the molecule is Cc1cccnc1CCNC(=O)N1CCC[C@H]1c1nc2ccccc2[nH]1. The number of pyridine rings is 1. The van der Waals surface area contributed by atoms with E-state index in [1.54, 1.807) is 6.20 Å². The highest BCUT2D eigenvalue weighted by Gasteiger charge is 2.32. The molecular formula is C20H23N5O. The number of likely N-dealkylation sites (tertiary alicyclic amines) is 1. The van der Waals surface area contributed by atoms with Crippen molar-refractivity contribution in [3.63, 3.8) is 0 Å². The van der Waals surface area contributed by atoms with E-state index < -0.39 is 0 Å². The van der Waals surface area contributed by atoms with Crippen LogP contribution in [0.15, 0.2) is 42.6 Å². The van der Waals surface area contributed by atoms with Gasteiger partial charge in [0.2, 0.25) is 0 Å². The van der Waals surface area contributed by atoms with Crippen LogP contribution in [-0.2, 0) is 6.42 Å². The number of carbonyl (C=O) groups excluding carboxylic acids is 1. The van der Waals surface area contributed by atoms with Crippen molar-refractivity contribution in [3.05, 3.63) is 59.7 Å². The van der Waals surface area contributed by atoms with Crippen molar-refractivity contribution in [1.82, 2.24) is 25.2 Å². The van der Waals surface area contributed by atoms with Crippen LogP contribution in [0.3, 0.4) is 0 Å². The van der Waals surface area contributed by atoms with E-state index in [1.165, 1.54) is 0 Å². The van der Waals surface area contributed by atoms with Gasteiger partial charge in [0.1, 0.15) is 5.82 Å². The molecule has 0 unspecified atom stereocenters. The number of fused-ring (bicyclic) bond motifs is 1. The number of rotatable bonds is 4. The summed E-state index contributed by atoms with van der Waals surface area (Å²) in [5.41, 5.74) is 4.15. The van der Waals surface area contributed by atoms with E-state index in [4.69, 9.17) is 0 Å². The molecule has 2 N–H and O–H groups in total. The van der Waals surface area contributed by atoms with Crippen LogP contribution in [-0.4, -0.2) is 39.0 Å². The number of benzene rings is 1. The molecule has 2 amide bonds. The van der Waals surface area contributed by atoms with Gasteiger partial charge < -0.3 is 15.2 Å². The molecule has 3 heterocycles. The minimum Gasteiger partial charge on any atom is -0.340 e. The maximum atomic E-state index is 12.7. The highest BCUT2D eigenvalue weighted by Crippen LogP contribution is 2.31. The average molecular weight is 349 g/mol. The van der Waals surface area contributed by atoms with Gasteiger partial charge in [-0.3, -0.25) is 4.98 Å². The fourth-order valence-electron chi connectivity index (χ4n) is 3.59. The van der Waals surface area contributed by atoms with Crippen molar-refractivity contribution in [3.8, 4) is 0 Å². The molecule has 1 fully saturated rings. The average Bonchev–Trinajstić information content (AvgIpc) is 3.29. The second kappa shape index (κ2) is 7.15. The number of imidazole rings is 1. The standard InChI is InChI=1S/C20H23N5O/c1-14-6-4-11-21-15(14)10-12-22-20(26)25-13-5-9-18(25)19-23-16-7-2-3-8-17(16)24-19/h2-4,6-8,11,18H,5,9-10,12-13H2,1H3,(H,22,26)(H,23,24)/t18-/m0/s1. The zero-order valence-corrected chi connectivity index (χ0v) is 14.9. The molecule has 1 saturated heterocycles. The number of para-hydroxylation sites is 2. The van der Waals surface area contributed by atoms with Crippen LogP contribution in [0.5, 0.6) is 0 Å². The third kappa shape index (κ3) is 3.27. The van der Waals surface area contributed by atoms with Gasteiger partial charge in [0.25, 0.3) is 0 Å². The van der Waals surface area contributed by atoms with Gasteiger partial charge in [0.15, 0.2) is 0 Å². The van der Waals surface area contributed by atoms with Crippen molar-refractivity contribution in [2.45, 2.75) is 32.2 Å². The number of hydrogen-bond donors (Lipinski definition) is 2. The quantitative estimate of drug-likeness (QED) is 0.758. The number of hydrogen-bond acceptors (Lipinski definition) is 3. The second-order valence-electron chi connectivity index (χ2n) is 6.74. The summed E-state index contributed by atoms with van der Waals surface area (Å²) in [6.07, 6.45) is 4.46. The van der Waals surface area contributed by atoms with Gasteiger partial charge in [-0.25, -0.2) is 9.78 Å². The van der Waals surface area contributed by atoms with Crippen molar-refractivity contribution >= 4 is 17.1 Å². The first-order valence-corrected chi connectivity index (χ1v) is 9.12. The van der Waals surface area contributed by atoms with Gasteiger partial charge in [0, 0.05) is 31.4 Å². The molecule has 1 aromatic carbocycles. The monoisotopic (exact) mass is 349 g/mol. The first-order chi connectivity index (χ1) is 12.7. The van der Waals surface area contributed by atoms with Crippen LogP contribution in [0, 0.1) is 6.92 Å². The molecule has 1 aliphatic heterocycles. The Hall–Kier alpha value is -2.89.